The van der Waals surface area contributed by atoms with E-state index in [-0.39, 0.29) is 5.91 Å². The minimum atomic E-state index is 0.283. The third-order valence-corrected chi connectivity index (χ3v) is 3.27. The number of amides is 1. The molecular formula is C12H24N2O. The van der Waals surface area contributed by atoms with Crippen LogP contribution in [0.25, 0.3) is 0 Å². The summed E-state index contributed by atoms with van der Waals surface area (Å²) in [6.45, 7) is 4.17. The van der Waals surface area contributed by atoms with E-state index in [0.29, 0.717) is 24.4 Å². The van der Waals surface area contributed by atoms with Gasteiger partial charge in [0, 0.05) is 25.6 Å². The molecule has 0 radical (unpaired) electrons. The molecule has 3 heteroatoms. The highest BCUT2D eigenvalue weighted by Gasteiger charge is 2.24. The zero-order valence-electron chi connectivity index (χ0n) is 10.2. The molecule has 0 atom stereocenters. The van der Waals surface area contributed by atoms with Crippen molar-refractivity contribution >= 4 is 5.91 Å². The number of hydrogen-bond acceptors (Lipinski definition) is 2. The highest BCUT2D eigenvalue weighted by molar-refractivity contribution is 5.76. The van der Waals surface area contributed by atoms with Gasteiger partial charge in [-0.2, -0.15) is 0 Å². The maximum absolute atomic E-state index is 11.8. The summed E-state index contributed by atoms with van der Waals surface area (Å²) in [5.74, 6) is 0.733. The van der Waals surface area contributed by atoms with Gasteiger partial charge in [-0.3, -0.25) is 4.79 Å². The van der Waals surface area contributed by atoms with E-state index in [2.05, 4.69) is 13.8 Å². The predicted molar refractivity (Wildman–Crippen MR) is 62.5 cm³/mol. The van der Waals surface area contributed by atoms with Crippen molar-refractivity contribution in [2.75, 3.05) is 7.05 Å². The molecule has 0 heterocycles. The molecule has 0 unspecified atom stereocenters. The molecule has 0 spiro atoms. The summed E-state index contributed by atoms with van der Waals surface area (Å²) >= 11 is 0. The van der Waals surface area contributed by atoms with E-state index in [1.54, 1.807) is 0 Å². The van der Waals surface area contributed by atoms with Crippen molar-refractivity contribution in [2.45, 2.75) is 58.0 Å². The van der Waals surface area contributed by atoms with Crippen LogP contribution >= 0.6 is 0 Å². The van der Waals surface area contributed by atoms with E-state index >= 15 is 0 Å². The van der Waals surface area contributed by atoms with Gasteiger partial charge >= 0.3 is 0 Å². The van der Waals surface area contributed by atoms with Crippen LogP contribution < -0.4 is 5.73 Å². The molecule has 0 aliphatic heterocycles. The standard InChI is InChI=1S/C12H24N2O/c1-9(2)8-12(15)14(3)11-6-4-10(13)5-7-11/h9-11H,4-8,13H2,1-3H3. The molecule has 1 aliphatic rings. The van der Waals surface area contributed by atoms with Crippen LogP contribution in [0.15, 0.2) is 0 Å². The molecule has 0 aromatic heterocycles. The Bertz CT molecular complexity index is 208. The van der Waals surface area contributed by atoms with Crippen molar-refractivity contribution in [3.8, 4) is 0 Å². The van der Waals surface area contributed by atoms with E-state index in [1.807, 2.05) is 11.9 Å². The number of nitrogens with zero attached hydrogens (tertiary/aromatic N) is 1. The Balaban J connectivity index is 2.39. The third-order valence-electron chi connectivity index (χ3n) is 3.27. The first-order valence-corrected chi connectivity index (χ1v) is 6.02. The molecule has 1 aliphatic carbocycles. The SMILES string of the molecule is CC(C)CC(=O)N(C)C1CCC(N)CC1. The minimum Gasteiger partial charge on any atom is -0.343 e. The number of carbonyl (C=O) groups excluding carboxylic acids is 1. The van der Waals surface area contributed by atoms with E-state index in [0.717, 1.165) is 25.7 Å². The topological polar surface area (TPSA) is 46.3 Å². The summed E-state index contributed by atoms with van der Waals surface area (Å²) in [6, 6.07) is 0.783. The smallest absolute Gasteiger partial charge is 0.222 e. The van der Waals surface area contributed by atoms with E-state index in [4.69, 9.17) is 5.73 Å². The van der Waals surface area contributed by atoms with E-state index in [9.17, 15) is 4.79 Å². The summed E-state index contributed by atoms with van der Waals surface area (Å²) in [5, 5.41) is 0. The van der Waals surface area contributed by atoms with Gasteiger partial charge in [-0.1, -0.05) is 13.8 Å². The minimum absolute atomic E-state index is 0.283. The van der Waals surface area contributed by atoms with Crippen molar-refractivity contribution in [2.24, 2.45) is 11.7 Å². The second kappa shape index (κ2) is 5.50. The van der Waals surface area contributed by atoms with Crippen LogP contribution in [0.5, 0.6) is 0 Å². The summed E-state index contributed by atoms with van der Waals surface area (Å²) in [7, 11) is 1.94. The quantitative estimate of drug-likeness (QED) is 0.775. The van der Waals surface area contributed by atoms with Gasteiger partial charge in [0.1, 0.15) is 0 Å². The second-order valence-electron chi connectivity index (χ2n) is 5.17. The Morgan fingerprint density at radius 3 is 2.33 bits per heavy atom. The van der Waals surface area contributed by atoms with Crippen molar-refractivity contribution in [3.05, 3.63) is 0 Å². The van der Waals surface area contributed by atoms with Gasteiger partial charge in [-0.15, -0.1) is 0 Å². The van der Waals surface area contributed by atoms with Crippen molar-refractivity contribution in [1.29, 1.82) is 0 Å². The predicted octanol–water partition coefficient (Wildman–Crippen LogP) is 1.76. The lowest BCUT2D eigenvalue weighted by Crippen LogP contribution is -2.42. The molecule has 0 bridgehead atoms. The summed E-state index contributed by atoms with van der Waals surface area (Å²) < 4.78 is 0. The Kier molecular flexibility index (Phi) is 4.58. The van der Waals surface area contributed by atoms with Crippen molar-refractivity contribution in [1.82, 2.24) is 4.90 Å². The van der Waals surface area contributed by atoms with Crippen LogP contribution in [0.2, 0.25) is 0 Å². The molecule has 1 fully saturated rings. The zero-order chi connectivity index (χ0) is 11.4. The van der Waals surface area contributed by atoms with E-state index in [1.165, 1.54) is 0 Å². The fourth-order valence-electron chi connectivity index (χ4n) is 2.19. The van der Waals surface area contributed by atoms with Crippen LogP contribution in [0.1, 0.15) is 46.0 Å². The van der Waals surface area contributed by atoms with Crippen LogP contribution in [-0.2, 0) is 4.79 Å². The Morgan fingerprint density at radius 2 is 1.87 bits per heavy atom. The lowest BCUT2D eigenvalue weighted by atomic mass is 9.90. The molecule has 0 aromatic carbocycles. The fourth-order valence-corrected chi connectivity index (χ4v) is 2.19. The van der Waals surface area contributed by atoms with E-state index < -0.39 is 0 Å². The molecule has 15 heavy (non-hydrogen) atoms. The average molecular weight is 212 g/mol. The van der Waals surface area contributed by atoms with Gasteiger partial charge in [0.25, 0.3) is 0 Å². The van der Waals surface area contributed by atoms with Gasteiger partial charge in [0.05, 0.1) is 0 Å². The van der Waals surface area contributed by atoms with Crippen molar-refractivity contribution in [3.63, 3.8) is 0 Å². The number of hydrogen-bond donors (Lipinski definition) is 1. The highest BCUT2D eigenvalue weighted by atomic mass is 16.2. The number of nitrogens with two attached hydrogens (primary N) is 1. The Morgan fingerprint density at radius 1 is 1.33 bits per heavy atom. The summed E-state index contributed by atoms with van der Waals surface area (Å²) in [6.07, 6.45) is 4.93. The number of rotatable bonds is 3. The van der Waals surface area contributed by atoms with Gasteiger partial charge in [0.2, 0.25) is 5.91 Å². The van der Waals surface area contributed by atoms with Crippen molar-refractivity contribution < 1.29 is 4.79 Å². The molecule has 1 saturated carbocycles. The molecule has 0 aromatic rings. The monoisotopic (exact) mass is 212 g/mol. The Hall–Kier alpha value is -0.570. The molecule has 2 N–H and O–H groups in total. The second-order valence-corrected chi connectivity index (χ2v) is 5.17. The normalized spacial score (nSPS) is 26.7. The van der Waals surface area contributed by atoms with Crippen LogP contribution in [-0.4, -0.2) is 29.9 Å². The summed E-state index contributed by atoms with van der Waals surface area (Å²) in [4.78, 5) is 13.8. The Labute approximate surface area is 93.0 Å². The first-order valence-electron chi connectivity index (χ1n) is 6.02. The lowest BCUT2D eigenvalue weighted by Gasteiger charge is -2.33. The molecule has 0 saturated heterocycles. The summed E-state index contributed by atoms with van der Waals surface area (Å²) in [5.41, 5.74) is 5.85. The van der Waals surface area contributed by atoms with Gasteiger partial charge in [-0.05, 0) is 31.6 Å². The molecular weight excluding hydrogens is 188 g/mol. The van der Waals surface area contributed by atoms with Crippen LogP contribution in [0.3, 0.4) is 0 Å². The molecule has 88 valence electrons. The number of carbonyl (C=O) groups is 1. The first-order chi connectivity index (χ1) is 7.00. The van der Waals surface area contributed by atoms with Gasteiger partial charge in [-0.25, -0.2) is 0 Å². The molecule has 3 nitrogen and oxygen atoms in total. The third kappa shape index (κ3) is 3.82. The highest BCUT2D eigenvalue weighted by Crippen LogP contribution is 2.22. The lowest BCUT2D eigenvalue weighted by molar-refractivity contribution is -0.133. The first kappa shape index (κ1) is 12.5. The maximum atomic E-state index is 11.8. The van der Waals surface area contributed by atoms with Gasteiger partial charge in [0.15, 0.2) is 0 Å². The maximum Gasteiger partial charge on any atom is 0.222 e. The zero-order valence-corrected chi connectivity index (χ0v) is 10.2. The van der Waals surface area contributed by atoms with Crippen LogP contribution in [0, 0.1) is 5.92 Å². The fraction of sp³-hybridized carbons (Fsp3) is 0.917. The molecule has 1 amide bonds. The van der Waals surface area contributed by atoms with Gasteiger partial charge < -0.3 is 10.6 Å². The molecule has 1 rings (SSSR count). The van der Waals surface area contributed by atoms with Crippen LogP contribution in [0.4, 0.5) is 0 Å². The largest absolute Gasteiger partial charge is 0.343 e. The average Bonchev–Trinajstić information content (AvgIpc) is 2.17.